The van der Waals surface area contributed by atoms with Crippen LogP contribution < -0.4 is 15.4 Å². The molecular formula is C22H26N4O5S. The molecule has 2 aliphatic rings. The van der Waals surface area contributed by atoms with Crippen molar-refractivity contribution in [2.75, 3.05) is 36.8 Å². The molecule has 0 aliphatic carbocycles. The van der Waals surface area contributed by atoms with Crippen LogP contribution in [0.4, 0.5) is 16.2 Å². The van der Waals surface area contributed by atoms with Gasteiger partial charge in [0.15, 0.2) is 6.10 Å². The molecule has 2 aromatic rings. The van der Waals surface area contributed by atoms with Gasteiger partial charge >= 0.3 is 6.03 Å². The van der Waals surface area contributed by atoms with Gasteiger partial charge in [-0.25, -0.2) is 13.2 Å². The average Bonchev–Trinajstić information content (AvgIpc) is 2.77. The second-order valence-corrected chi connectivity index (χ2v) is 9.97. The molecule has 10 heteroatoms. The fourth-order valence-corrected chi connectivity index (χ4v) is 5.10. The van der Waals surface area contributed by atoms with Crippen LogP contribution in [-0.4, -0.2) is 61.8 Å². The number of nitrogens with zero attached hydrogens (tertiary/aromatic N) is 2. The first-order chi connectivity index (χ1) is 15.1. The van der Waals surface area contributed by atoms with Crippen LogP contribution >= 0.6 is 0 Å². The number of aryl methyl sites for hydroxylation is 2. The minimum absolute atomic E-state index is 0.0720. The normalized spacial score (nSPS) is 19.0. The van der Waals surface area contributed by atoms with Crippen molar-refractivity contribution in [1.82, 2.24) is 9.21 Å². The Morgan fingerprint density at radius 1 is 1.06 bits per heavy atom. The molecule has 2 heterocycles. The number of sulfonamides is 1. The van der Waals surface area contributed by atoms with E-state index in [1.165, 1.54) is 16.4 Å². The van der Waals surface area contributed by atoms with Gasteiger partial charge in [0.25, 0.3) is 5.91 Å². The maximum Gasteiger partial charge on any atom is 0.321 e. The van der Waals surface area contributed by atoms with Crippen molar-refractivity contribution in [3.8, 4) is 5.75 Å². The quantitative estimate of drug-likeness (QED) is 0.735. The molecule has 0 bridgehead atoms. The van der Waals surface area contributed by atoms with Crippen molar-refractivity contribution in [2.45, 2.75) is 31.8 Å². The van der Waals surface area contributed by atoms with E-state index in [-0.39, 0.29) is 43.0 Å². The Bertz CT molecular complexity index is 1170. The lowest BCUT2D eigenvalue weighted by molar-refractivity contribution is -0.122. The van der Waals surface area contributed by atoms with Gasteiger partial charge < -0.3 is 20.3 Å². The van der Waals surface area contributed by atoms with Crippen LogP contribution in [0, 0.1) is 13.8 Å². The number of hydrogen-bond acceptors (Lipinski definition) is 5. The molecule has 3 amide bonds. The SMILES string of the molecule is Cc1ccc(NC(=O)N2CCN(S(=O)(=O)c3ccc4c(c3)NC(=O)[C@@H](C)O4)CC2)cc1C. The van der Waals surface area contributed by atoms with Crippen LogP contribution in [0.25, 0.3) is 0 Å². The molecule has 32 heavy (non-hydrogen) atoms. The molecule has 170 valence electrons. The third-order valence-corrected chi connectivity index (χ3v) is 7.70. The number of carbonyl (C=O) groups excluding carboxylic acids is 2. The van der Waals surface area contributed by atoms with Gasteiger partial charge in [0, 0.05) is 31.9 Å². The van der Waals surface area contributed by atoms with Crippen molar-refractivity contribution in [1.29, 1.82) is 0 Å². The predicted octanol–water partition coefficient (Wildman–Crippen LogP) is 2.56. The van der Waals surface area contributed by atoms with Gasteiger partial charge in [-0.1, -0.05) is 6.07 Å². The van der Waals surface area contributed by atoms with Crippen LogP contribution in [-0.2, 0) is 14.8 Å². The summed E-state index contributed by atoms with van der Waals surface area (Å²) in [6.45, 7) is 6.52. The van der Waals surface area contributed by atoms with Crippen molar-refractivity contribution in [3.05, 3.63) is 47.5 Å². The summed E-state index contributed by atoms with van der Waals surface area (Å²) in [4.78, 5) is 26.1. The zero-order valence-corrected chi connectivity index (χ0v) is 19.0. The highest BCUT2D eigenvalue weighted by Gasteiger charge is 2.32. The number of fused-ring (bicyclic) bond motifs is 1. The van der Waals surface area contributed by atoms with Gasteiger partial charge in [0.1, 0.15) is 5.75 Å². The molecule has 0 spiro atoms. The molecular weight excluding hydrogens is 432 g/mol. The van der Waals surface area contributed by atoms with E-state index < -0.39 is 16.1 Å². The smallest absolute Gasteiger partial charge is 0.321 e. The Labute approximate surface area is 187 Å². The zero-order valence-electron chi connectivity index (χ0n) is 18.2. The second-order valence-electron chi connectivity index (χ2n) is 8.03. The Hall–Kier alpha value is -3.11. The van der Waals surface area contributed by atoms with Crippen molar-refractivity contribution in [2.24, 2.45) is 0 Å². The van der Waals surface area contributed by atoms with Crippen LogP contribution in [0.1, 0.15) is 18.1 Å². The minimum atomic E-state index is -3.78. The Balaban J connectivity index is 1.41. The zero-order chi connectivity index (χ0) is 23.0. The maximum absolute atomic E-state index is 13.1. The standard InChI is InChI=1S/C22H26N4O5S/c1-14-4-5-17(12-15(14)2)23-22(28)25-8-10-26(11-9-25)32(29,30)18-6-7-20-19(13-18)24-21(27)16(3)31-20/h4-7,12-13,16H,8-11H2,1-3H3,(H,23,28)(H,24,27)/t16-/m1/s1. The van der Waals surface area contributed by atoms with E-state index in [4.69, 9.17) is 4.74 Å². The molecule has 2 N–H and O–H groups in total. The molecule has 9 nitrogen and oxygen atoms in total. The molecule has 4 rings (SSSR count). The van der Waals surface area contributed by atoms with Gasteiger partial charge in [-0.2, -0.15) is 4.31 Å². The maximum atomic E-state index is 13.1. The van der Waals surface area contributed by atoms with Crippen molar-refractivity contribution >= 4 is 33.3 Å². The van der Waals surface area contributed by atoms with Crippen LogP contribution in [0.2, 0.25) is 0 Å². The third-order valence-electron chi connectivity index (χ3n) is 5.80. The first kappa shape index (κ1) is 22.1. The third kappa shape index (κ3) is 4.28. The first-order valence-electron chi connectivity index (χ1n) is 10.4. The number of ether oxygens (including phenoxy) is 1. The van der Waals surface area contributed by atoms with Crippen LogP contribution in [0.5, 0.6) is 5.75 Å². The summed E-state index contributed by atoms with van der Waals surface area (Å²) in [6.07, 6.45) is -0.631. The molecule has 0 saturated carbocycles. The van der Waals surface area contributed by atoms with E-state index in [1.807, 2.05) is 32.0 Å². The molecule has 0 radical (unpaired) electrons. The van der Waals surface area contributed by atoms with Gasteiger partial charge in [-0.15, -0.1) is 0 Å². The van der Waals surface area contributed by atoms with E-state index in [0.717, 1.165) is 11.1 Å². The summed E-state index contributed by atoms with van der Waals surface area (Å²) in [5.74, 6) is 0.110. The minimum Gasteiger partial charge on any atom is -0.479 e. The average molecular weight is 459 g/mol. The number of hydrogen-bond donors (Lipinski definition) is 2. The molecule has 1 fully saturated rings. The molecule has 0 unspecified atom stereocenters. The number of anilines is 2. The number of piperazine rings is 1. The molecule has 2 aromatic carbocycles. The summed E-state index contributed by atoms with van der Waals surface area (Å²) in [6, 6.07) is 9.87. The number of nitrogens with one attached hydrogen (secondary N) is 2. The van der Waals surface area contributed by atoms with Gasteiger partial charge in [-0.3, -0.25) is 4.79 Å². The largest absolute Gasteiger partial charge is 0.479 e. The summed E-state index contributed by atoms with van der Waals surface area (Å²) in [5.41, 5.74) is 3.27. The highest BCUT2D eigenvalue weighted by atomic mass is 32.2. The number of amides is 3. The number of carbonyl (C=O) groups is 2. The monoisotopic (exact) mass is 458 g/mol. The lowest BCUT2D eigenvalue weighted by Crippen LogP contribution is -2.51. The van der Waals surface area contributed by atoms with Crippen molar-refractivity contribution < 1.29 is 22.7 Å². The Morgan fingerprint density at radius 3 is 2.47 bits per heavy atom. The fourth-order valence-electron chi connectivity index (χ4n) is 3.65. The molecule has 0 aromatic heterocycles. The van der Waals surface area contributed by atoms with Gasteiger partial charge in [0.2, 0.25) is 10.0 Å². The fraction of sp³-hybridized carbons (Fsp3) is 0.364. The van der Waals surface area contributed by atoms with Gasteiger partial charge in [0.05, 0.1) is 10.6 Å². The number of rotatable bonds is 3. The van der Waals surface area contributed by atoms with E-state index in [9.17, 15) is 18.0 Å². The summed E-state index contributed by atoms with van der Waals surface area (Å²) < 4.78 is 33.1. The highest BCUT2D eigenvalue weighted by molar-refractivity contribution is 7.89. The highest BCUT2D eigenvalue weighted by Crippen LogP contribution is 2.33. The number of benzene rings is 2. The summed E-state index contributed by atoms with van der Waals surface area (Å²) in [7, 11) is -3.78. The van der Waals surface area contributed by atoms with Crippen LogP contribution in [0.3, 0.4) is 0 Å². The first-order valence-corrected chi connectivity index (χ1v) is 11.8. The van der Waals surface area contributed by atoms with Crippen LogP contribution in [0.15, 0.2) is 41.3 Å². The molecule has 2 aliphatic heterocycles. The van der Waals surface area contributed by atoms with Crippen molar-refractivity contribution in [3.63, 3.8) is 0 Å². The summed E-state index contributed by atoms with van der Waals surface area (Å²) >= 11 is 0. The van der Waals surface area contributed by atoms with E-state index in [1.54, 1.807) is 17.9 Å². The number of urea groups is 1. The summed E-state index contributed by atoms with van der Waals surface area (Å²) in [5, 5.41) is 5.54. The molecule has 1 saturated heterocycles. The van der Waals surface area contributed by atoms with E-state index >= 15 is 0 Å². The predicted molar refractivity (Wildman–Crippen MR) is 120 cm³/mol. The lowest BCUT2D eigenvalue weighted by atomic mass is 10.1. The second kappa shape index (κ2) is 8.44. The Kier molecular flexibility index (Phi) is 5.83. The van der Waals surface area contributed by atoms with Gasteiger partial charge in [-0.05, 0) is 62.2 Å². The topological polar surface area (TPSA) is 108 Å². The molecule has 1 atom stereocenters. The van der Waals surface area contributed by atoms with E-state index in [2.05, 4.69) is 10.6 Å². The van der Waals surface area contributed by atoms with E-state index in [0.29, 0.717) is 17.1 Å². The Morgan fingerprint density at radius 2 is 1.78 bits per heavy atom. The lowest BCUT2D eigenvalue weighted by Gasteiger charge is -2.34.